The fourth-order valence-corrected chi connectivity index (χ4v) is 4.73. The molecular weight excluding hydrogens is 401 g/mol. The van der Waals surface area contributed by atoms with E-state index in [2.05, 4.69) is 31.9 Å². The Morgan fingerprint density at radius 3 is 2.43 bits per heavy atom. The van der Waals surface area contributed by atoms with Gasteiger partial charge in [-0.15, -0.1) is 10.2 Å². The van der Waals surface area contributed by atoms with Crippen LogP contribution in [0.4, 0.5) is 10.3 Å². The Morgan fingerprint density at radius 1 is 1.13 bits per heavy atom. The lowest BCUT2D eigenvalue weighted by atomic mass is 10.00. The zero-order chi connectivity index (χ0) is 21.3. The number of piperidine rings is 1. The van der Waals surface area contributed by atoms with E-state index in [-0.39, 0.29) is 23.0 Å². The molecule has 2 aromatic rings. The highest BCUT2D eigenvalue weighted by atomic mass is 32.2. The van der Waals surface area contributed by atoms with Crippen LogP contribution in [0.1, 0.15) is 64.1 Å². The van der Waals surface area contributed by atoms with Crippen molar-refractivity contribution < 1.29 is 9.18 Å². The molecular formula is C22H30FN5OS. The molecule has 162 valence electrons. The van der Waals surface area contributed by atoms with E-state index in [4.69, 9.17) is 0 Å². The molecule has 2 aliphatic rings. The van der Waals surface area contributed by atoms with Gasteiger partial charge in [0.25, 0.3) is 0 Å². The van der Waals surface area contributed by atoms with Crippen molar-refractivity contribution in [2.24, 2.45) is 5.92 Å². The molecule has 1 N–H and O–H groups in total. The molecule has 4 rings (SSSR count). The lowest BCUT2D eigenvalue weighted by molar-refractivity contribution is -0.120. The third kappa shape index (κ3) is 4.79. The van der Waals surface area contributed by atoms with Crippen molar-refractivity contribution in [1.29, 1.82) is 0 Å². The third-order valence-electron chi connectivity index (χ3n) is 6.01. The van der Waals surface area contributed by atoms with Crippen molar-refractivity contribution in [2.45, 2.75) is 68.9 Å². The SMILES string of the molecule is CC1CCN(c2nnc(S[C@H](C)C(=O)N[C@@H](C)c3ccc(F)cc3)n2C2CC2)CC1. The number of halogens is 1. The van der Waals surface area contributed by atoms with Crippen LogP contribution in [0.25, 0.3) is 0 Å². The summed E-state index contributed by atoms with van der Waals surface area (Å²) in [5.41, 5.74) is 0.879. The van der Waals surface area contributed by atoms with Gasteiger partial charge < -0.3 is 10.2 Å². The van der Waals surface area contributed by atoms with E-state index < -0.39 is 0 Å². The number of nitrogens with one attached hydrogen (secondary N) is 1. The van der Waals surface area contributed by atoms with Crippen molar-refractivity contribution in [1.82, 2.24) is 20.1 Å². The molecule has 2 atom stereocenters. The molecule has 1 saturated heterocycles. The van der Waals surface area contributed by atoms with Crippen molar-refractivity contribution in [2.75, 3.05) is 18.0 Å². The molecule has 0 radical (unpaired) electrons. The zero-order valence-electron chi connectivity index (χ0n) is 17.8. The standard InChI is InChI=1S/C22H30FN5OS/c1-14-10-12-27(13-11-14)21-25-26-22(28(21)19-8-9-19)30-16(3)20(29)24-15(2)17-4-6-18(23)7-5-17/h4-7,14-16,19H,8-13H2,1-3H3,(H,24,29)/t15-,16+/m0/s1. The van der Waals surface area contributed by atoms with Gasteiger partial charge >= 0.3 is 0 Å². The second-order valence-corrected chi connectivity index (χ2v) is 9.90. The Balaban J connectivity index is 1.42. The number of hydrogen-bond acceptors (Lipinski definition) is 5. The summed E-state index contributed by atoms with van der Waals surface area (Å²) in [5.74, 6) is 1.38. The van der Waals surface area contributed by atoms with Crippen LogP contribution in [0, 0.1) is 11.7 Å². The molecule has 0 unspecified atom stereocenters. The van der Waals surface area contributed by atoms with Crippen LogP contribution >= 0.6 is 11.8 Å². The number of thioether (sulfide) groups is 1. The van der Waals surface area contributed by atoms with E-state index in [0.29, 0.717) is 6.04 Å². The van der Waals surface area contributed by atoms with Crippen LogP contribution in [0.15, 0.2) is 29.4 Å². The van der Waals surface area contributed by atoms with Gasteiger partial charge in [0.2, 0.25) is 11.9 Å². The van der Waals surface area contributed by atoms with E-state index in [1.165, 1.54) is 36.7 Å². The summed E-state index contributed by atoms with van der Waals surface area (Å²) in [6.07, 6.45) is 4.65. The topological polar surface area (TPSA) is 63.1 Å². The van der Waals surface area contributed by atoms with Gasteiger partial charge in [0.1, 0.15) is 5.82 Å². The third-order valence-corrected chi connectivity index (χ3v) is 7.06. The molecule has 1 amide bonds. The largest absolute Gasteiger partial charge is 0.349 e. The number of carbonyl (C=O) groups is 1. The Morgan fingerprint density at radius 2 is 1.80 bits per heavy atom. The van der Waals surface area contributed by atoms with E-state index in [0.717, 1.165) is 48.5 Å². The van der Waals surface area contributed by atoms with Gasteiger partial charge in [-0.3, -0.25) is 9.36 Å². The van der Waals surface area contributed by atoms with Crippen LogP contribution in [-0.4, -0.2) is 39.0 Å². The Hall–Kier alpha value is -2.09. The van der Waals surface area contributed by atoms with Crippen LogP contribution in [0.5, 0.6) is 0 Å². The van der Waals surface area contributed by atoms with E-state index in [9.17, 15) is 9.18 Å². The predicted octanol–water partition coefficient (Wildman–Crippen LogP) is 4.35. The monoisotopic (exact) mass is 431 g/mol. The lowest BCUT2D eigenvalue weighted by Gasteiger charge is -2.31. The number of anilines is 1. The van der Waals surface area contributed by atoms with Crippen molar-refractivity contribution >= 4 is 23.6 Å². The first-order chi connectivity index (χ1) is 14.4. The Labute approximate surface area is 181 Å². The lowest BCUT2D eigenvalue weighted by Crippen LogP contribution is -2.35. The van der Waals surface area contributed by atoms with Gasteiger partial charge in [-0.2, -0.15) is 0 Å². The smallest absolute Gasteiger partial charge is 0.233 e. The Kier molecular flexibility index (Phi) is 6.32. The molecule has 6 nitrogen and oxygen atoms in total. The van der Waals surface area contributed by atoms with Gasteiger partial charge in [0, 0.05) is 19.1 Å². The minimum absolute atomic E-state index is 0.0597. The number of aromatic nitrogens is 3. The van der Waals surface area contributed by atoms with Gasteiger partial charge in [-0.05, 0) is 63.1 Å². The van der Waals surface area contributed by atoms with Crippen LogP contribution in [0.3, 0.4) is 0 Å². The van der Waals surface area contributed by atoms with E-state index in [1.54, 1.807) is 12.1 Å². The van der Waals surface area contributed by atoms with Crippen molar-refractivity contribution in [3.05, 3.63) is 35.6 Å². The molecule has 0 spiro atoms. The normalized spacial score (nSPS) is 19.5. The number of amides is 1. The highest BCUT2D eigenvalue weighted by molar-refractivity contribution is 8.00. The van der Waals surface area contributed by atoms with E-state index in [1.807, 2.05) is 13.8 Å². The molecule has 30 heavy (non-hydrogen) atoms. The first-order valence-corrected chi connectivity index (χ1v) is 11.7. The minimum atomic E-state index is -0.302. The molecule has 1 aromatic heterocycles. The summed E-state index contributed by atoms with van der Waals surface area (Å²) in [6.45, 7) is 8.14. The summed E-state index contributed by atoms with van der Waals surface area (Å²) < 4.78 is 15.4. The maximum Gasteiger partial charge on any atom is 0.233 e. The average molecular weight is 432 g/mol. The summed E-state index contributed by atoms with van der Waals surface area (Å²) in [6, 6.07) is 6.49. The summed E-state index contributed by atoms with van der Waals surface area (Å²) in [4.78, 5) is 15.1. The van der Waals surface area contributed by atoms with Crippen LogP contribution in [-0.2, 0) is 4.79 Å². The maximum absolute atomic E-state index is 13.1. The molecule has 1 aliphatic carbocycles. The highest BCUT2D eigenvalue weighted by Crippen LogP contribution is 2.42. The summed E-state index contributed by atoms with van der Waals surface area (Å²) in [5, 5.41) is 12.5. The van der Waals surface area contributed by atoms with Crippen molar-refractivity contribution in [3.8, 4) is 0 Å². The first kappa shape index (κ1) is 21.2. The summed E-state index contributed by atoms with van der Waals surface area (Å²) in [7, 11) is 0. The average Bonchev–Trinajstić information content (AvgIpc) is 3.49. The fourth-order valence-electron chi connectivity index (χ4n) is 3.80. The number of hydrogen-bond donors (Lipinski definition) is 1. The van der Waals surface area contributed by atoms with Crippen LogP contribution < -0.4 is 10.2 Å². The van der Waals surface area contributed by atoms with Crippen molar-refractivity contribution in [3.63, 3.8) is 0 Å². The number of carbonyl (C=O) groups excluding carboxylic acids is 1. The van der Waals surface area contributed by atoms with Gasteiger partial charge in [-0.25, -0.2) is 4.39 Å². The van der Waals surface area contributed by atoms with Gasteiger partial charge in [-0.1, -0.05) is 30.8 Å². The molecule has 2 heterocycles. The first-order valence-electron chi connectivity index (χ1n) is 10.8. The minimum Gasteiger partial charge on any atom is -0.349 e. The van der Waals surface area contributed by atoms with Crippen LogP contribution in [0.2, 0.25) is 0 Å². The van der Waals surface area contributed by atoms with E-state index >= 15 is 0 Å². The molecule has 1 saturated carbocycles. The number of nitrogens with zero attached hydrogens (tertiary/aromatic N) is 4. The van der Waals surface area contributed by atoms with Gasteiger partial charge in [0.05, 0.1) is 11.3 Å². The zero-order valence-corrected chi connectivity index (χ0v) is 18.7. The molecule has 0 bridgehead atoms. The predicted molar refractivity (Wildman–Crippen MR) is 117 cm³/mol. The highest BCUT2D eigenvalue weighted by Gasteiger charge is 2.33. The molecule has 1 aliphatic heterocycles. The van der Waals surface area contributed by atoms with Gasteiger partial charge in [0.15, 0.2) is 5.16 Å². The maximum atomic E-state index is 13.1. The molecule has 8 heteroatoms. The number of rotatable bonds is 7. The Bertz CT molecular complexity index is 874. The molecule has 2 fully saturated rings. The quantitative estimate of drug-likeness (QED) is 0.661. The fraction of sp³-hybridized carbons (Fsp3) is 0.591. The second kappa shape index (κ2) is 8.96. The molecule has 1 aromatic carbocycles. The number of benzene rings is 1. The summed E-state index contributed by atoms with van der Waals surface area (Å²) >= 11 is 1.46. The second-order valence-electron chi connectivity index (χ2n) is 8.60.